The summed E-state index contributed by atoms with van der Waals surface area (Å²) in [7, 11) is 0. The van der Waals surface area contributed by atoms with Crippen molar-refractivity contribution in [1.82, 2.24) is 0 Å². The molecule has 0 aliphatic heterocycles. The van der Waals surface area contributed by atoms with Crippen LogP contribution >= 0.6 is 15.9 Å². The van der Waals surface area contributed by atoms with Gasteiger partial charge in [-0.3, -0.25) is 4.79 Å². The van der Waals surface area contributed by atoms with Crippen molar-refractivity contribution in [2.24, 2.45) is 0 Å². The fraction of sp³-hybridized carbons (Fsp3) is 0.500. The SMILES string of the molecule is CC(=O)c1cc(Br)ccc1OCCOC(C)(C)C. The van der Waals surface area contributed by atoms with E-state index >= 15 is 0 Å². The van der Waals surface area contributed by atoms with Gasteiger partial charge in [-0.25, -0.2) is 0 Å². The lowest BCUT2D eigenvalue weighted by atomic mass is 10.1. The quantitative estimate of drug-likeness (QED) is 0.612. The molecule has 1 aromatic rings. The van der Waals surface area contributed by atoms with Crippen molar-refractivity contribution in [1.29, 1.82) is 0 Å². The molecule has 0 spiro atoms. The predicted molar refractivity (Wildman–Crippen MR) is 75.3 cm³/mol. The van der Waals surface area contributed by atoms with E-state index in [4.69, 9.17) is 9.47 Å². The summed E-state index contributed by atoms with van der Waals surface area (Å²) >= 11 is 3.34. The molecule has 0 saturated carbocycles. The van der Waals surface area contributed by atoms with Crippen molar-refractivity contribution in [2.45, 2.75) is 33.3 Å². The van der Waals surface area contributed by atoms with Crippen molar-refractivity contribution in [3.8, 4) is 5.75 Å². The van der Waals surface area contributed by atoms with Crippen LogP contribution in [0, 0.1) is 0 Å². The topological polar surface area (TPSA) is 35.5 Å². The minimum absolute atomic E-state index is 0.0111. The Morgan fingerprint density at radius 2 is 1.94 bits per heavy atom. The summed E-state index contributed by atoms with van der Waals surface area (Å²) in [5.74, 6) is 0.589. The van der Waals surface area contributed by atoms with Crippen LogP contribution in [0.15, 0.2) is 22.7 Å². The highest BCUT2D eigenvalue weighted by Crippen LogP contribution is 2.23. The second-order valence-corrected chi connectivity index (χ2v) is 5.92. The van der Waals surface area contributed by atoms with Gasteiger partial charge in [0.05, 0.1) is 17.8 Å². The minimum atomic E-state index is -0.174. The number of halogens is 1. The molecule has 0 saturated heterocycles. The van der Waals surface area contributed by atoms with Crippen LogP contribution in [0.3, 0.4) is 0 Å². The molecule has 0 aliphatic rings. The minimum Gasteiger partial charge on any atom is -0.490 e. The van der Waals surface area contributed by atoms with Gasteiger partial charge in [0.1, 0.15) is 12.4 Å². The molecule has 0 radical (unpaired) electrons. The van der Waals surface area contributed by atoms with E-state index in [1.165, 1.54) is 6.92 Å². The summed E-state index contributed by atoms with van der Waals surface area (Å²) < 4.78 is 12.0. The number of Topliss-reactive ketones (excluding diaryl/α,β-unsaturated/α-hetero) is 1. The molecule has 0 atom stereocenters. The molecule has 4 heteroatoms. The summed E-state index contributed by atoms with van der Waals surface area (Å²) in [5, 5.41) is 0. The first-order valence-electron chi connectivity index (χ1n) is 5.87. The van der Waals surface area contributed by atoms with Crippen LogP contribution in [0.5, 0.6) is 5.75 Å². The Kier molecular flexibility index (Phi) is 5.35. The van der Waals surface area contributed by atoms with E-state index in [0.29, 0.717) is 24.5 Å². The number of carbonyl (C=O) groups is 1. The Bertz CT molecular complexity index is 422. The number of hydrogen-bond donors (Lipinski definition) is 0. The predicted octanol–water partition coefficient (Wildman–Crippen LogP) is 3.85. The van der Waals surface area contributed by atoms with E-state index < -0.39 is 0 Å². The average molecular weight is 315 g/mol. The number of ether oxygens (including phenoxy) is 2. The Labute approximate surface area is 117 Å². The highest BCUT2D eigenvalue weighted by atomic mass is 79.9. The van der Waals surface area contributed by atoms with Crippen molar-refractivity contribution in [3.05, 3.63) is 28.2 Å². The second-order valence-electron chi connectivity index (χ2n) is 5.01. The molecule has 100 valence electrons. The zero-order valence-electron chi connectivity index (χ0n) is 11.2. The Hall–Kier alpha value is -0.870. The number of hydrogen-bond acceptors (Lipinski definition) is 3. The molecule has 0 heterocycles. The van der Waals surface area contributed by atoms with Gasteiger partial charge in [-0.2, -0.15) is 0 Å². The van der Waals surface area contributed by atoms with E-state index in [2.05, 4.69) is 15.9 Å². The molecule has 0 bridgehead atoms. The highest BCUT2D eigenvalue weighted by molar-refractivity contribution is 9.10. The van der Waals surface area contributed by atoms with Crippen LogP contribution in [-0.4, -0.2) is 24.6 Å². The maximum absolute atomic E-state index is 11.5. The van der Waals surface area contributed by atoms with Gasteiger partial charge < -0.3 is 9.47 Å². The molecule has 0 amide bonds. The molecular formula is C14H19BrO3. The van der Waals surface area contributed by atoms with E-state index in [1.807, 2.05) is 26.8 Å². The van der Waals surface area contributed by atoms with Crippen LogP contribution in [0.2, 0.25) is 0 Å². The fourth-order valence-corrected chi connectivity index (χ4v) is 1.76. The standard InChI is InChI=1S/C14H19BrO3/c1-10(16)12-9-11(15)5-6-13(12)17-7-8-18-14(2,3)4/h5-6,9H,7-8H2,1-4H3. The molecule has 0 aromatic heterocycles. The van der Waals surface area contributed by atoms with Gasteiger partial charge in [0.2, 0.25) is 0 Å². The van der Waals surface area contributed by atoms with Gasteiger partial charge in [-0.1, -0.05) is 15.9 Å². The maximum Gasteiger partial charge on any atom is 0.163 e. The van der Waals surface area contributed by atoms with E-state index in [0.717, 1.165) is 4.47 Å². The molecule has 0 aliphatic carbocycles. The Balaban J connectivity index is 2.59. The highest BCUT2D eigenvalue weighted by Gasteiger charge is 2.11. The summed E-state index contributed by atoms with van der Waals surface area (Å²) in [6.07, 6.45) is 0. The lowest BCUT2D eigenvalue weighted by molar-refractivity contribution is -0.0163. The van der Waals surface area contributed by atoms with Crippen molar-refractivity contribution >= 4 is 21.7 Å². The van der Waals surface area contributed by atoms with Crippen LogP contribution < -0.4 is 4.74 Å². The summed E-state index contributed by atoms with van der Waals surface area (Å²) in [4.78, 5) is 11.5. The van der Waals surface area contributed by atoms with E-state index in [1.54, 1.807) is 12.1 Å². The first-order chi connectivity index (χ1) is 8.29. The van der Waals surface area contributed by atoms with Gasteiger partial charge in [0.15, 0.2) is 5.78 Å². The molecule has 1 aromatic carbocycles. The monoisotopic (exact) mass is 314 g/mol. The third-order valence-corrected chi connectivity index (χ3v) is 2.69. The van der Waals surface area contributed by atoms with Crippen LogP contribution in [0.1, 0.15) is 38.1 Å². The first kappa shape index (κ1) is 15.2. The van der Waals surface area contributed by atoms with Gasteiger partial charge in [-0.05, 0) is 45.9 Å². The van der Waals surface area contributed by atoms with Gasteiger partial charge >= 0.3 is 0 Å². The molecule has 18 heavy (non-hydrogen) atoms. The van der Waals surface area contributed by atoms with Crippen LogP contribution in [0.25, 0.3) is 0 Å². The maximum atomic E-state index is 11.5. The fourth-order valence-electron chi connectivity index (χ4n) is 1.40. The zero-order valence-corrected chi connectivity index (χ0v) is 12.8. The Morgan fingerprint density at radius 3 is 2.50 bits per heavy atom. The largest absolute Gasteiger partial charge is 0.490 e. The van der Waals surface area contributed by atoms with E-state index in [9.17, 15) is 4.79 Å². The van der Waals surface area contributed by atoms with Gasteiger partial charge in [0, 0.05) is 4.47 Å². The summed E-state index contributed by atoms with van der Waals surface area (Å²) in [6, 6.07) is 5.41. The lowest BCUT2D eigenvalue weighted by Gasteiger charge is -2.19. The van der Waals surface area contributed by atoms with Gasteiger partial charge in [0.25, 0.3) is 0 Å². The molecule has 0 N–H and O–H groups in total. The molecular weight excluding hydrogens is 296 g/mol. The number of ketones is 1. The second kappa shape index (κ2) is 6.34. The van der Waals surface area contributed by atoms with Crippen molar-refractivity contribution < 1.29 is 14.3 Å². The molecule has 0 unspecified atom stereocenters. The molecule has 1 rings (SSSR count). The average Bonchev–Trinajstić information content (AvgIpc) is 2.24. The lowest BCUT2D eigenvalue weighted by Crippen LogP contribution is -2.22. The first-order valence-corrected chi connectivity index (χ1v) is 6.66. The van der Waals surface area contributed by atoms with Crippen molar-refractivity contribution in [2.75, 3.05) is 13.2 Å². The zero-order chi connectivity index (χ0) is 13.8. The smallest absolute Gasteiger partial charge is 0.163 e. The number of carbonyl (C=O) groups excluding carboxylic acids is 1. The van der Waals surface area contributed by atoms with E-state index in [-0.39, 0.29) is 11.4 Å². The third-order valence-electron chi connectivity index (χ3n) is 2.20. The third kappa shape index (κ3) is 5.19. The molecule has 0 fully saturated rings. The number of rotatable bonds is 5. The van der Waals surface area contributed by atoms with Crippen LogP contribution in [0.4, 0.5) is 0 Å². The Morgan fingerprint density at radius 1 is 1.28 bits per heavy atom. The van der Waals surface area contributed by atoms with Crippen LogP contribution in [-0.2, 0) is 4.74 Å². The molecule has 3 nitrogen and oxygen atoms in total. The summed E-state index contributed by atoms with van der Waals surface area (Å²) in [5.41, 5.74) is 0.409. The summed E-state index contributed by atoms with van der Waals surface area (Å²) in [6.45, 7) is 8.44. The normalized spacial score (nSPS) is 11.4. The van der Waals surface area contributed by atoms with Crippen molar-refractivity contribution in [3.63, 3.8) is 0 Å². The number of benzene rings is 1. The van der Waals surface area contributed by atoms with Gasteiger partial charge in [-0.15, -0.1) is 0 Å².